The van der Waals surface area contributed by atoms with Crippen molar-refractivity contribution >= 4 is 17.4 Å². The van der Waals surface area contributed by atoms with Gasteiger partial charge in [0.2, 0.25) is 0 Å². The molecule has 3 rings (SSSR count). The molecule has 0 saturated heterocycles. The molecule has 0 radical (unpaired) electrons. The fourth-order valence-corrected chi connectivity index (χ4v) is 2.13. The van der Waals surface area contributed by atoms with E-state index in [0.29, 0.717) is 12.0 Å². The zero-order valence-corrected chi connectivity index (χ0v) is 9.63. The van der Waals surface area contributed by atoms with Gasteiger partial charge in [-0.15, -0.1) is 0 Å². The minimum atomic E-state index is -0.897. The van der Waals surface area contributed by atoms with E-state index in [1.54, 1.807) is 18.2 Å². The number of aliphatic imine (C=N–C) groups is 1. The molecule has 0 unspecified atom stereocenters. The van der Waals surface area contributed by atoms with Gasteiger partial charge in [-0.25, -0.2) is 4.79 Å². The summed E-state index contributed by atoms with van der Waals surface area (Å²) in [6, 6.07) is 15.0. The van der Waals surface area contributed by atoms with Crippen molar-refractivity contribution in [1.82, 2.24) is 0 Å². The molecule has 2 aromatic rings. The van der Waals surface area contributed by atoms with Gasteiger partial charge in [-0.2, -0.15) is 0 Å². The molecule has 0 fully saturated rings. The van der Waals surface area contributed by atoms with Crippen LogP contribution in [0, 0.1) is 0 Å². The van der Waals surface area contributed by atoms with Crippen molar-refractivity contribution in [3.63, 3.8) is 0 Å². The standard InChI is InChI=1S/C15H11NO2/c17-15(18)11-6-7-13-12(8-11)9-14(16-13)10-4-2-1-3-5-10/h1-8H,9H2,(H,17,18). The van der Waals surface area contributed by atoms with Crippen LogP contribution in [0.1, 0.15) is 21.5 Å². The van der Waals surface area contributed by atoms with Gasteiger partial charge in [0.05, 0.1) is 17.0 Å². The Bertz CT molecular complexity index is 645. The molecule has 3 heteroatoms. The maximum Gasteiger partial charge on any atom is 0.335 e. The molecule has 3 nitrogen and oxygen atoms in total. The van der Waals surface area contributed by atoms with Crippen molar-refractivity contribution in [2.24, 2.45) is 4.99 Å². The van der Waals surface area contributed by atoms with Crippen molar-refractivity contribution in [3.8, 4) is 0 Å². The summed E-state index contributed by atoms with van der Waals surface area (Å²) in [5.74, 6) is -0.897. The molecule has 1 heterocycles. The summed E-state index contributed by atoms with van der Waals surface area (Å²) in [5, 5.41) is 8.96. The van der Waals surface area contributed by atoms with Crippen LogP contribution in [0.2, 0.25) is 0 Å². The Labute approximate surface area is 104 Å². The highest BCUT2D eigenvalue weighted by molar-refractivity contribution is 6.06. The topological polar surface area (TPSA) is 49.7 Å². The first-order valence-electron chi connectivity index (χ1n) is 5.73. The molecule has 1 aliphatic heterocycles. The molecule has 0 spiro atoms. The Balaban J connectivity index is 1.96. The summed E-state index contributed by atoms with van der Waals surface area (Å²) in [7, 11) is 0. The highest BCUT2D eigenvalue weighted by atomic mass is 16.4. The largest absolute Gasteiger partial charge is 0.478 e. The Hall–Kier alpha value is -2.42. The molecular formula is C15H11NO2. The van der Waals surface area contributed by atoms with Gasteiger partial charge < -0.3 is 5.11 Å². The average Bonchev–Trinajstić information content (AvgIpc) is 2.82. The number of benzene rings is 2. The molecule has 88 valence electrons. The molecule has 2 aromatic carbocycles. The highest BCUT2D eigenvalue weighted by Crippen LogP contribution is 2.29. The van der Waals surface area contributed by atoms with Crippen molar-refractivity contribution < 1.29 is 9.90 Å². The molecule has 0 atom stereocenters. The van der Waals surface area contributed by atoms with Crippen molar-refractivity contribution in [1.29, 1.82) is 0 Å². The van der Waals surface area contributed by atoms with Crippen molar-refractivity contribution in [2.75, 3.05) is 0 Å². The van der Waals surface area contributed by atoms with Crippen molar-refractivity contribution in [2.45, 2.75) is 6.42 Å². The molecule has 0 aromatic heterocycles. The smallest absolute Gasteiger partial charge is 0.335 e. The van der Waals surface area contributed by atoms with Crippen molar-refractivity contribution in [3.05, 3.63) is 65.2 Å². The van der Waals surface area contributed by atoms with Crippen LogP contribution in [0.4, 0.5) is 5.69 Å². The molecule has 18 heavy (non-hydrogen) atoms. The van der Waals surface area contributed by atoms with Crippen LogP contribution in [0.3, 0.4) is 0 Å². The van der Waals surface area contributed by atoms with Gasteiger partial charge in [-0.1, -0.05) is 30.3 Å². The first kappa shape index (κ1) is 10.7. The number of nitrogens with zero attached hydrogens (tertiary/aromatic N) is 1. The Morgan fingerprint density at radius 1 is 1.11 bits per heavy atom. The monoisotopic (exact) mass is 237 g/mol. The number of fused-ring (bicyclic) bond motifs is 1. The second-order valence-corrected chi connectivity index (χ2v) is 4.25. The summed E-state index contributed by atoms with van der Waals surface area (Å²) in [6.45, 7) is 0. The first-order valence-corrected chi connectivity index (χ1v) is 5.73. The summed E-state index contributed by atoms with van der Waals surface area (Å²) < 4.78 is 0. The third-order valence-corrected chi connectivity index (χ3v) is 3.05. The zero-order valence-electron chi connectivity index (χ0n) is 9.63. The number of carbonyl (C=O) groups is 1. The lowest BCUT2D eigenvalue weighted by molar-refractivity contribution is 0.0697. The van der Waals surface area contributed by atoms with E-state index >= 15 is 0 Å². The Morgan fingerprint density at radius 2 is 1.89 bits per heavy atom. The predicted octanol–water partition coefficient (Wildman–Crippen LogP) is 3.06. The van der Waals surface area contributed by atoms with E-state index in [2.05, 4.69) is 4.99 Å². The van der Waals surface area contributed by atoms with Gasteiger partial charge in [0.25, 0.3) is 0 Å². The molecule has 0 amide bonds. The lowest BCUT2D eigenvalue weighted by Gasteiger charge is -1.99. The summed E-state index contributed by atoms with van der Waals surface area (Å²) in [6.07, 6.45) is 0.695. The third kappa shape index (κ3) is 1.80. The maximum atomic E-state index is 10.9. The summed E-state index contributed by atoms with van der Waals surface area (Å²) in [4.78, 5) is 15.5. The van der Waals surface area contributed by atoms with E-state index in [1.165, 1.54) is 0 Å². The molecule has 1 N–H and O–H groups in total. The average molecular weight is 237 g/mol. The van der Waals surface area contributed by atoms with Crippen LogP contribution in [0.25, 0.3) is 0 Å². The van der Waals surface area contributed by atoms with Gasteiger partial charge >= 0.3 is 5.97 Å². The van der Waals surface area contributed by atoms with E-state index in [0.717, 1.165) is 22.5 Å². The fraction of sp³-hybridized carbons (Fsp3) is 0.0667. The Morgan fingerprint density at radius 3 is 2.61 bits per heavy atom. The zero-order chi connectivity index (χ0) is 12.5. The van der Waals surface area contributed by atoms with Gasteiger partial charge in [0.1, 0.15) is 0 Å². The van der Waals surface area contributed by atoms with E-state index in [4.69, 9.17) is 5.11 Å². The second-order valence-electron chi connectivity index (χ2n) is 4.25. The van der Waals surface area contributed by atoms with Crippen LogP contribution < -0.4 is 0 Å². The number of aromatic carboxylic acids is 1. The van der Waals surface area contributed by atoms with Gasteiger partial charge in [-0.3, -0.25) is 4.99 Å². The summed E-state index contributed by atoms with van der Waals surface area (Å²) in [5.41, 5.74) is 4.25. The quantitative estimate of drug-likeness (QED) is 0.872. The molecule has 0 aliphatic carbocycles. The van der Waals surface area contributed by atoms with Crippen LogP contribution in [0.5, 0.6) is 0 Å². The number of rotatable bonds is 2. The minimum absolute atomic E-state index is 0.318. The lowest BCUT2D eigenvalue weighted by Crippen LogP contribution is -2.01. The van der Waals surface area contributed by atoms with Crippen LogP contribution >= 0.6 is 0 Å². The van der Waals surface area contributed by atoms with Gasteiger partial charge in [-0.05, 0) is 29.3 Å². The summed E-state index contributed by atoms with van der Waals surface area (Å²) >= 11 is 0. The SMILES string of the molecule is O=C(O)c1ccc2c(c1)CC(c1ccccc1)=N2. The number of carboxylic acid groups (broad SMARTS) is 1. The number of hydrogen-bond donors (Lipinski definition) is 1. The molecule has 0 bridgehead atoms. The minimum Gasteiger partial charge on any atom is -0.478 e. The Kier molecular flexibility index (Phi) is 2.45. The predicted molar refractivity (Wildman–Crippen MR) is 69.7 cm³/mol. The van der Waals surface area contributed by atoms with E-state index < -0.39 is 5.97 Å². The third-order valence-electron chi connectivity index (χ3n) is 3.05. The van der Waals surface area contributed by atoms with E-state index in [-0.39, 0.29) is 0 Å². The molecular weight excluding hydrogens is 226 g/mol. The van der Waals surface area contributed by atoms with Crippen LogP contribution in [-0.2, 0) is 6.42 Å². The molecule has 1 aliphatic rings. The van der Waals surface area contributed by atoms with Gasteiger partial charge in [0.15, 0.2) is 0 Å². The first-order chi connectivity index (χ1) is 8.74. The van der Waals surface area contributed by atoms with Crippen LogP contribution in [0.15, 0.2) is 53.5 Å². The van der Waals surface area contributed by atoms with E-state index in [9.17, 15) is 4.79 Å². The normalized spacial score (nSPS) is 13.0. The van der Waals surface area contributed by atoms with Gasteiger partial charge in [0, 0.05) is 6.42 Å². The van der Waals surface area contributed by atoms with Crippen LogP contribution in [-0.4, -0.2) is 16.8 Å². The van der Waals surface area contributed by atoms with E-state index in [1.807, 2.05) is 30.3 Å². The molecule has 0 saturated carbocycles. The lowest BCUT2D eigenvalue weighted by atomic mass is 10.0. The number of carboxylic acids is 1. The fourth-order valence-electron chi connectivity index (χ4n) is 2.13. The highest BCUT2D eigenvalue weighted by Gasteiger charge is 2.17. The number of hydrogen-bond acceptors (Lipinski definition) is 2. The maximum absolute atomic E-state index is 10.9. The second kappa shape index (κ2) is 4.11.